The average Bonchev–Trinajstić information content (AvgIpc) is 2.63. The Morgan fingerprint density at radius 3 is 2.96 bits per heavy atom. The molecule has 126 valence electrons. The Balaban J connectivity index is 1.50. The molecule has 0 spiro atoms. The zero-order valence-electron chi connectivity index (χ0n) is 13.4. The molecule has 0 aliphatic carbocycles. The van der Waals surface area contributed by atoms with Gasteiger partial charge in [-0.15, -0.1) is 10.2 Å². The van der Waals surface area contributed by atoms with Crippen molar-refractivity contribution in [3.8, 4) is 0 Å². The molecule has 0 radical (unpaired) electrons. The topological polar surface area (TPSA) is 71.0 Å². The molecule has 1 fully saturated rings. The SMILES string of the molecule is O=C(NCCc1ccccn1)[C@H]1CCCN(c2ccc(Cl)nn2)C1. The number of hydrogen-bond acceptors (Lipinski definition) is 5. The van der Waals surface area contributed by atoms with Gasteiger partial charge in [-0.2, -0.15) is 0 Å². The molecule has 6 nitrogen and oxygen atoms in total. The molecule has 3 heterocycles. The predicted octanol–water partition coefficient (Wildman–Crippen LogP) is 2.10. The maximum absolute atomic E-state index is 12.4. The number of nitrogens with zero attached hydrogens (tertiary/aromatic N) is 4. The number of nitrogens with one attached hydrogen (secondary N) is 1. The summed E-state index contributed by atoms with van der Waals surface area (Å²) in [6.07, 6.45) is 4.37. The lowest BCUT2D eigenvalue weighted by molar-refractivity contribution is -0.125. The lowest BCUT2D eigenvalue weighted by Crippen LogP contribution is -2.43. The highest BCUT2D eigenvalue weighted by Crippen LogP contribution is 2.21. The van der Waals surface area contributed by atoms with Gasteiger partial charge in [0.2, 0.25) is 5.91 Å². The molecule has 1 aliphatic heterocycles. The van der Waals surface area contributed by atoms with E-state index in [1.807, 2.05) is 24.3 Å². The molecule has 0 bridgehead atoms. The number of amides is 1. The number of piperidine rings is 1. The van der Waals surface area contributed by atoms with Crippen molar-refractivity contribution in [2.45, 2.75) is 19.3 Å². The second kappa shape index (κ2) is 8.06. The molecule has 1 saturated heterocycles. The molecule has 2 aromatic rings. The van der Waals surface area contributed by atoms with Crippen LogP contribution in [0.1, 0.15) is 18.5 Å². The van der Waals surface area contributed by atoms with Crippen LogP contribution in [0.25, 0.3) is 0 Å². The Morgan fingerprint density at radius 1 is 1.29 bits per heavy atom. The van der Waals surface area contributed by atoms with Crippen molar-refractivity contribution in [3.63, 3.8) is 0 Å². The van der Waals surface area contributed by atoms with Crippen LogP contribution < -0.4 is 10.2 Å². The summed E-state index contributed by atoms with van der Waals surface area (Å²) >= 11 is 5.78. The minimum atomic E-state index is -0.0278. The first-order valence-corrected chi connectivity index (χ1v) is 8.52. The standard InChI is InChI=1S/C17H20ClN5O/c18-15-6-7-16(22-21-15)23-11-3-4-13(12-23)17(24)20-10-8-14-5-1-2-9-19-14/h1-2,5-7,9,13H,3-4,8,10-12H2,(H,20,24)/t13-/m0/s1. The minimum absolute atomic E-state index is 0.0278. The first-order chi connectivity index (χ1) is 11.7. The Bertz CT molecular complexity index is 664. The molecule has 24 heavy (non-hydrogen) atoms. The molecule has 0 unspecified atom stereocenters. The molecular weight excluding hydrogens is 326 g/mol. The average molecular weight is 346 g/mol. The Hall–Kier alpha value is -2.21. The third kappa shape index (κ3) is 4.41. The van der Waals surface area contributed by atoms with Gasteiger partial charge in [-0.25, -0.2) is 0 Å². The van der Waals surface area contributed by atoms with Gasteiger partial charge in [-0.3, -0.25) is 9.78 Å². The molecule has 0 saturated carbocycles. The monoisotopic (exact) mass is 345 g/mol. The summed E-state index contributed by atoms with van der Waals surface area (Å²) in [5.41, 5.74) is 0.986. The van der Waals surface area contributed by atoms with E-state index in [0.717, 1.165) is 37.3 Å². The van der Waals surface area contributed by atoms with Crippen LogP contribution >= 0.6 is 11.6 Å². The van der Waals surface area contributed by atoms with Gasteiger partial charge >= 0.3 is 0 Å². The molecule has 1 amide bonds. The third-order valence-electron chi connectivity index (χ3n) is 4.14. The fourth-order valence-corrected chi connectivity index (χ4v) is 2.98. The van der Waals surface area contributed by atoms with Crippen molar-refractivity contribution in [3.05, 3.63) is 47.4 Å². The fourth-order valence-electron chi connectivity index (χ4n) is 2.88. The van der Waals surface area contributed by atoms with Crippen molar-refractivity contribution in [1.29, 1.82) is 0 Å². The summed E-state index contributed by atoms with van der Waals surface area (Å²) in [6.45, 7) is 2.15. The van der Waals surface area contributed by atoms with Crippen LogP contribution in [0.2, 0.25) is 5.15 Å². The van der Waals surface area contributed by atoms with E-state index in [1.54, 1.807) is 12.3 Å². The van der Waals surface area contributed by atoms with Crippen LogP contribution in [-0.2, 0) is 11.2 Å². The van der Waals surface area contributed by atoms with E-state index in [4.69, 9.17) is 11.6 Å². The van der Waals surface area contributed by atoms with Crippen molar-refractivity contribution in [2.24, 2.45) is 5.92 Å². The molecule has 1 aliphatic rings. The van der Waals surface area contributed by atoms with Gasteiger partial charge in [0.25, 0.3) is 0 Å². The van der Waals surface area contributed by atoms with Crippen LogP contribution in [0.3, 0.4) is 0 Å². The number of anilines is 1. The summed E-state index contributed by atoms with van der Waals surface area (Å²) in [5, 5.41) is 11.4. The van der Waals surface area contributed by atoms with E-state index in [2.05, 4.69) is 25.4 Å². The van der Waals surface area contributed by atoms with Gasteiger partial charge in [-0.1, -0.05) is 17.7 Å². The largest absolute Gasteiger partial charge is 0.355 e. The van der Waals surface area contributed by atoms with E-state index >= 15 is 0 Å². The Labute approximate surface area is 146 Å². The van der Waals surface area contributed by atoms with Crippen molar-refractivity contribution in [2.75, 3.05) is 24.5 Å². The Kier molecular flexibility index (Phi) is 5.59. The van der Waals surface area contributed by atoms with Crippen molar-refractivity contribution >= 4 is 23.3 Å². The van der Waals surface area contributed by atoms with Gasteiger partial charge in [0.1, 0.15) is 0 Å². The minimum Gasteiger partial charge on any atom is -0.355 e. The molecule has 2 aromatic heterocycles. The van der Waals surface area contributed by atoms with Crippen LogP contribution in [0, 0.1) is 5.92 Å². The lowest BCUT2D eigenvalue weighted by Gasteiger charge is -2.32. The summed E-state index contributed by atoms with van der Waals surface area (Å²) in [5.74, 6) is 0.836. The van der Waals surface area contributed by atoms with Gasteiger partial charge in [0, 0.05) is 37.9 Å². The highest BCUT2D eigenvalue weighted by Gasteiger charge is 2.26. The van der Waals surface area contributed by atoms with Crippen LogP contribution in [0.5, 0.6) is 0 Å². The quantitative estimate of drug-likeness (QED) is 0.898. The summed E-state index contributed by atoms with van der Waals surface area (Å²) < 4.78 is 0. The van der Waals surface area contributed by atoms with Crippen LogP contribution in [0.4, 0.5) is 5.82 Å². The Morgan fingerprint density at radius 2 is 2.21 bits per heavy atom. The number of aromatic nitrogens is 3. The zero-order valence-corrected chi connectivity index (χ0v) is 14.1. The maximum atomic E-state index is 12.4. The first-order valence-electron chi connectivity index (χ1n) is 8.14. The predicted molar refractivity (Wildman–Crippen MR) is 92.9 cm³/mol. The van der Waals surface area contributed by atoms with Crippen LogP contribution in [-0.4, -0.2) is 40.7 Å². The lowest BCUT2D eigenvalue weighted by atomic mass is 9.97. The van der Waals surface area contributed by atoms with Gasteiger partial charge in [0.15, 0.2) is 11.0 Å². The zero-order chi connectivity index (χ0) is 16.8. The van der Waals surface area contributed by atoms with Crippen LogP contribution in [0.15, 0.2) is 36.5 Å². The summed E-state index contributed by atoms with van der Waals surface area (Å²) in [7, 11) is 0. The van der Waals surface area contributed by atoms with E-state index in [0.29, 0.717) is 18.2 Å². The molecule has 1 atom stereocenters. The molecule has 0 aromatic carbocycles. The fraction of sp³-hybridized carbons (Fsp3) is 0.412. The molecular formula is C17H20ClN5O. The highest BCUT2D eigenvalue weighted by atomic mass is 35.5. The van der Waals surface area contributed by atoms with E-state index in [1.165, 1.54) is 0 Å². The molecule has 3 rings (SSSR count). The number of rotatable bonds is 5. The second-order valence-electron chi connectivity index (χ2n) is 5.86. The van der Waals surface area contributed by atoms with Crippen molar-refractivity contribution < 1.29 is 4.79 Å². The number of halogens is 1. The molecule has 1 N–H and O–H groups in total. The van der Waals surface area contributed by atoms with Crippen molar-refractivity contribution in [1.82, 2.24) is 20.5 Å². The number of hydrogen-bond donors (Lipinski definition) is 1. The second-order valence-corrected chi connectivity index (χ2v) is 6.25. The van der Waals surface area contributed by atoms with Gasteiger partial charge < -0.3 is 10.2 Å². The molecule has 7 heteroatoms. The highest BCUT2D eigenvalue weighted by molar-refractivity contribution is 6.29. The summed E-state index contributed by atoms with van der Waals surface area (Å²) in [6, 6.07) is 9.37. The smallest absolute Gasteiger partial charge is 0.224 e. The first kappa shape index (κ1) is 16.6. The van der Waals surface area contributed by atoms with E-state index < -0.39 is 0 Å². The van der Waals surface area contributed by atoms with E-state index in [9.17, 15) is 4.79 Å². The normalized spacial score (nSPS) is 17.5. The van der Waals surface area contributed by atoms with E-state index in [-0.39, 0.29) is 11.8 Å². The van der Waals surface area contributed by atoms with Gasteiger partial charge in [-0.05, 0) is 37.1 Å². The summed E-state index contributed by atoms with van der Waals surface area (Å²) in [4.78, 5) is 18.8. The van der Waals surface area contributed by atoms with Gasteiger partial charge in [0.05, 0.1) is 5.92 Å². The number of carbonyl (C=O) groups excluding carboxylic acids is 1. The maximum Gasteiger partial charge on any atom is 0.224 e. The number of pyridine rings is 1. The third-order valence-corrected chi connectivity index (χ3v) is 4.34. The number of carbonyl (C=O) groups is 1.